The Bertz CT molecular complexity index is 989. The molecule has 0 aromatic heterocycles. The van der Waals surface area contributed by atoms with Crippen LogP contribution in [0.25, 0.3) is 0 Å². The molecule has 0 atom stereocenters. The van der Waals surface area contributed by atoms with E-state index in [1.165, 1.54) is 17.0 Å². The molecule has 0 fully saturated rings. The molecule has 0 radical (unpaired) electrons. The number of fused-ring (bicyclic) bond motifs is 1. The molecule has 0 spiro atoms. The first-order valence-corrected chi connectivity index (χ1v) is 9.98. The minimum atomic E-state index is -4.42. The number of ether oxygens (including phenoxy) is 1. The van der Waals surface area contributed by atoms with Gasteiger partial charge in [0, 0.05) is 13.1 Å². The Hall–Kier alpha value is -2.59. The smallest absolute Gasteiger partial charge is 0.416 e. The SMILES string of the molecule is NS(=O)(=O)CC(=O)N1CCc2ccc(Oc3ccc(C(F)(F)F)cc3)cc2C1. The monoisotopic (exact) mass is 414 g/mol. The van der Waals surface area contributed by atoms with Crippen LogP contribution in [0.2, 0.25) is 0 Å². The standard InChI is InChI=1S/C18H17F3N2O4S/c19-18(20,21)14-2-5-15(6-3-14)27-16-4-1-12-7-8-23(10-13(12)9-16)17(24)11-28(22,25)26/h1-6,9H,7-8,10-11H2,(H2,22,25,26). The summed E-state index contributed by atoms with van der Waals surface area (Å²) in [6, 6.07) is 9.51. The first kappa shape index (κ1) is 20.2. The summed E-state index contributed by atoms with van der Waals surface area (Å²) in [5.74, 6) is -0.697. The number of carbonyl (C=O) groups is 1. The maximum Gasteiger partial charge on any atom is 0.416 e. The number of halogens is 3. The summed E-state index contributed by atoms with van der Waals surface area (Å²) >= 11 is 0. The highest BCUT2D eigenvalue weighted by atomic mass is 32.2. The van der Waals surface area contributed by atoms with Crippen molar-refractivity contribution in [2.45, 2.75) is 19.1 Å². The largest absolute Gasteiger partial charge is 0.457 e. The van der Waals surface area contributed by atoms with Gasteiger partial charge in [-0.25, -0.2) is 13.6 Å². The van der Waals surface area contributed by atoms with Crippen LogP contribution in [-0.4, -0.2) is 31.5 Å². The van der Waals surface area contributed by atoms with Crippen molar-refractivity contribution in [3.63, 3.8) is 0 Å². The lowest BCUT2D eigenvalue weighted by atomic mass is 9.99. The van der Waals surface area contributed by atoms with E-state index in [1.807, 2.05) is 6.07 Å². The minimum Gasteiger partial charge on any atom is -0.457 e. The van der Waals surface area contributed by atoms with Crippen molar-refractivity contribution in [3.8, 4) is 11.5 Å². The summed E-state index contributed by atoms with van der Waals surface area (Å²) in [6.07, 6.45) is -3.87. The highest BCUT2D eigenvalue weighted by Crippen LogP contribution is 2.32. The number of primary sulfonamides is 1. The normalized spacial score (nSPS) is 14.5. The Kier molecular flexibility index (Phi) is 5.35. The second-order valence-electron chi connectivity index (χ2n) is 6.43. The Morgan fingerprint density at radius 3 is 2.32 bits per heavy atom. The average Bonchev–Trinajstić information content (AvgIpc) is 2.59. The van der Waals surface area contributed by atoms with Crippen LogP contribution in [0.4, 0.5) is 13.2 Å². The molecule has 0 aliphatic carbocycles. The fourth-order valence-corrected chi connectivity index (χ4v) is 3.45. The van der Waals surface area contributed by atoms with Crippen LogP contribution in [0.3, 0.4) is 0 Å². The van der Waals surface area contributed by atoms with Crippen molar-refractivity contribution in [1.82, 2.24) is 4.90 Å². The summed E-state index contributed by atoms with van der Waals surface area (Å²) in [5, 5.41) is 4.92. The Labute approximate surface area is 159 Å². The average molecular weight is 414 g/mol. The van der Waals surface area contributed by atoms with Gasteiger partial charge in [0.25, 0.3) is 0 Å². The molecule has 6 nitrogen and oxygen atoms in total. The Morgan fingerprint density at radius 1 is 1.07 bits per heavy atom. The number of sulfonamides is 1. The molecule has 1 aliphatic rings. The molecule has 10 heteroatoms. The van der Waals surface area contributed by atoms with Gasteiger partial charge in [-0.2, -0.15) is 13.2 Å². The van der Waals surface area contributed by atoms with Gasteiger partial charge in [0.05, 0.1) is 5.56 Å². The quantitative estimate of drug-likeness (QED) is 0.833. The van der Waals surface area contributed by atoms with Crippen molar-refractivity contribution in [3.05, 3.63) is 59.2 Å². The minimum absolute atomic E-state index is 0.202. The Morgan fingerprint density at radius 2 is 1.71 bits per heavy atom. The van der Waals surface area contributed by atoms with Crippen molar-refractivity contribution >= 4 is 15.9 Å². The van der Waals surface area contributed by atoms with Crippen LogP contribution in [0.15, 0.2) is 42.5 Å². The van der Waals surface area contributed by atoms with E-state index in [0.29, 0.717) is 18.7 Å². The number of nitrogens with two attached hydrogens (primary N) is 1. The number of amides is 1. The van der Waals surface area contributed by atoms with Crippen molar-refractivity contribution in [1.29, 1.82) is 0 Å². The molecule has 2 aromatic carbocycles. The molecule has 1 heterocycles. The van der Waals surface area contributed by atoms with Gasteiger partial charge in [-0.15, -0.1) is 0 Å². The second kappa shape index (κ2) is 7.44. The number of rotatable bonds is 4. The van der Waals surface area contributed by atoms with E-state index < -0.39 is 33.4 Å². The number of hydrogen-bond acceptors (Lipinski definition) is 4. The first-order chi connectivity index (χ1) is 13.0. The topological polar surface area (TPSA) is 89.7 Å². The molecular weight excluding hydrogens is 397 g/mol. The Balaban J connectivity index is 1.73. The zero-order chi connectivity index (χ0) is 20.5. The van der Waals surface area contributed by atoms with Gasteiger partial charge < -0.3 is 9.64 Å². The predicted octanol–water partition coefficient (Wildman–Crippen LogP) is 2.67. The molecule has 2 aromatic rings. The number of benzene rings is 2. The summed E-state index contributed by atoms with van der Waals surface area (Å²) in [4.78, 5) is 13.5. The number of nitrogens with zero attached hydrogens (tertiary/aromatic N) is 1. The highest BCUT2D eigenvalue weighted by Gasteiger charge is 2.30. The van der Waals surface area contributed by atoms with E-state index in [-0.39, 0.29) is 12.3 Å². The van der Waals surface area contributed by atoms with Gasteiger partial charge in [-0.05, 0) is 53.9 Å². The summed E-state index contributed by atoms with van der Waals surface area (Å²) < 4.78 is 65.7. The molecule has 28 heavy (non-hydrogen) atoms. The molecule has 0 saturated heterocycles. The molecular formula is C18H17F3N2O4S. The lowest BCUT2D eigenvalue weighted by Crippen LogP contribution is -2.40. The molecule has 0 unspecified atom stereocenters. The molecule has 0 bridgehead atoms. The third-order valence-electron chi connectivity index (χ3n) is 4.28. The molecule has 150 valence electrons. The van der Waals surface area contributed by atoms with E-state index in [1.54, 1.807) is 12.1 Å². The maximum atomic E-state index is 12.6. The van der Waals surface area contributed by atoms with Gasteiger partial charge in [0.2, 0.25) is 15.9 Å². The molecule has 3 rings (SSSR count). The number of alkyl halides is 3. The van der Waals surface area contributed by atoms with E-state index in [0.717, 1.165) is 23.3 Å². The van der Waals surface area contributed by atoms with Gasteiger partial charge >= 0.3 is 6.18 Å². The molecule has 2 N–H and O–H groups in total. The fraction of sp³-hybridized carbons (Fsp3) is 0.278. The number of carbonyl (C=O) groups excluding carboxylic acids is 1. The van der Waals surface area contributed by atoms with Crippen molar-refractivity contribution in [2.75, 3.05) is 12.3 Å². The van der Waals surface area contributed by atoms with Crippen LogP contribution >= 0.6 is 0 Å². The summed E-state index contributed by atoms with van der Waals surface area (Å²) in [6.45, 7) is 0.578. The van der Waals surface area contributed by atoms with E-state index in [4.69, 9.17) is 9.88 Å². The third kappa shape index (κ3) is 5.02. The zero-order valence-electron chi connectivity index (χ0n) is 14.6. The van der Waals surface area contributed by atoms with Gasteiger partial charge in [0.1, 0.15) is 17.3 Å². The molecule has 0 saturated carbocycles. The lowest BCUT2D eigenvalue weighted by Gasteiger charge is -2.29. The maximum absolute atomic E-state index is 12.6. The van der Waals surface area contributed by atoms with Crippen LogP contribution < -0.4 is 9.88 Å². The predicted molar refractivity (Wildman–Crippen MR) is 95.1 cm³/mol. The summed E-state index contributed by atoms with van der Waals surface area (Å²) in [5.41, 5.74) is 0.993. The molecule has 1 aliphatic heterocycles. The van der Waals surface area contributed by atoms with Crippen molar-refractivity contribution in [2.24, 2.45) is 5.14 Å². The number of hydrogen-bond donors (Lipinski definition) is 1. The van der Waals surface area contributed by atoms with Gasteiger partial charge in [-0.1, -0.05) is 6.07 Å². The first-order valence-electron chi connectivity index (χ1n) is 8.26. The van der Waals surface area contributed by atoms with Crippen LogP contribution in [0, 0.1) is 0 Å². The highest BCUT2D eigenvalue weighted by molar-refractivity contribution is 7.89. The van der Waals surface area contributed by atoms with Gasteiger partial charge in [-0.3, -0.25) is 4.79 Å². The van der Waals surface area contributed by atoms with E-state index in [2.05, 4.69) is 0 Å². The lowest BCUT2D eigenvalue weighted by molar-refractivity contribution is -0.137. The van der Waals surface area contributed by atoms with Crippen LogP contribution in [-0.2, 0) is 34.0 Å². The van der Waals surface area contributed by atoms with Gasteiger partial charge in [0.15, 0.2) is 0 Å². The van der Waals surface area contributed by atoms with Crippen LogP contribution in [0.1, 0.15) is 16.7 Å². The third-order valence-corrected chi connectivity index (χ3v) is 4.93. The van der Waals surface area contributed by atoms with Crippen molar-refractivity contribution < 1.29 is 31.1 Å². The van der Waals surface area contributed by atoms with E-state index in [9.17, 15) is 26.4 Å². The zero-order valence-corrected chi connectivity index (χ0v) is 15.4. The molecule has 1 amide bonds. The second-order valence-corrected chi connectivity index (χ2v) is 8.04. The fourth-order valence-electron chi connectivity index (χ4n) is 2.92. The summed E-state index contributed by atoms with van der Waals surface area (Å²) in [7, 11) is -3.91. The van der Waals surface area contributed by atoms with E-state index >= 15 is 0 Å². The van der Waals surface area contributed by atoms with Crippen LogP contribution in [0.5, 0.6) is 11.5 Å².